The van der Waals surface area contributed by atoms with Crippen molar-refractivity contribution in [3.8, 4) is 11.5 Å². The first-order valence-electron chi connectivity index (χ1n) is 5.40. The van der Waals surface area contributed by atoms with Crippen LogP contribution in [0.1, 0.15) is 25.2 Å². The Hall–Kier alpha value is -1.95. The Morgan fingerprint density at radius 3 is 2.61 bits per heavy atom. The predicted molar refractivity (Wildman–Crippen MR) is 64.8 cm³/mol. The summed E-state index contributed by atoms with van der Waals surface area (Å²) in [7, 11) is 1.37. The van der Waals surface area contributed by atoms with Crippen LogP contribution in [0.4, 0.5) is 5.69 Å². The Labute approximate surface area is 104 Å². The van der Waals surface area contributed by atoms with Crippen LogP contribution in [-0.2, 0) is 0 Å². The van der Waals surface area contributed by atoms with E-state index in [-0.39, 0.29) is 22.7 Å². The van der Waals surface area contributed by atoms with Gasteiger partial charge in [-0.25, -0.2) is 0 Å². The quantitative estimate of drug-likeness (QED) is 0.351. The number of hydrogen-bond acceptors (Lipinski definition) is 5. The van der Waals surface area contributed by atoms with Crippen LogP contribution < -0.4 is 9.47 Å². The average Bonchev–Trinajstić information content (AvgIpc) is 2.36. The van der Waals surface area contributed by atoms with Gasteiger partial charge in [0.1, 0.15) is 0 Å². The smallest absolute Gasteiger partial charge is 0.182 e. The van der Waals surface area contributed by atoms with E-state index in [1.54, 1.807) is 0 Å². The molecule has 1 rings (SSSR count). The molecule has 0 fully saturated rings. The van der Waals surface area contributed by atoms with Gasteiger partial charge < -0.3 is 19.7 Å². The Bertz CT molecular complexity index is 456. The molecular weight excluding hydrogens is 238 g/mol. The van der Waals surface area contributed by atoms with E-state index in [1.807, 2.05) is 6.92 Å². The van der Waals surface area contributed by atoms with Crippen LogP contribution in [0.5, 0.6) is 11.5 Å². The summed E-state index contributed by atoms with van der Waals surface area (Å²) in [6, 6.07) is 2.86. The standard InChI is InChI=1S/C11H15N3O4/c1-3-6-18-10-8(13-14-12)5-4-7(11(15)16)9(10)17-2/h4-5,11,15-16H,3,6H2,1-2H3. The van der Waals surface area contributed by atoms with Gasteiger partial charge in [-0.15, -0.1) is 0 Å². The molecule has 0 aromatic heterocycles. The highest BCUT2D eigenvalue weighted by molar-refractivity contribution is 5.63. The number of rotatable bonds is 6. The molecular formula is C11H15N3O4. The summed E-state index contributed by atoms with van der Waals surface area (Å²) in [6.07, 6.45) is -0.936. The van der Waals surface area contributed by atoms with E-state index in [9.17, 15) is 10.2 Å². The fourth-order valence-corrected chi connectivity index (χ4v) is 1.45. The van der Waals surface area contributed by atoms with Gasteiger partial charge in [-0.3, -0.25) is 0 Å². The summed E-state index contributed by atoms with van der Waals surface area (Å²) >= 11 is 0. The van der Waals surface area contributed by atoms with Crippen LogP contribution in [0.15, 0.2) is 17.2 Å². The van der Waals surface area contributed by atoms with Crippen LogP contribution >= 0.6 is 0 Å². The third-order valence-electron chi connectivity index (χ3n) is 2.21. The summed E-state index contributed by atoms with van der Waals surface area (Å²) in [4.78, 5) is 2.69. The second-order valence-electron chi connectivity index (χ2n) is 3.45. The first kappa shape index (κ1) is 14.1. The van der Waals surface area contributed by atoms with Crippen molar-refractivity contribution in [1.29, 1.82) is 0 Å². The minimum absolute atomic E-state index is 0.153. The van der Waals surface area contributed by atoms with Crippen molar-refractivity contribution in [2.45, 2.75) is 19.6 Å². The van der Waals surface area contributed by atoms with Crippen molar-refractivity contribution in [3.05, 3.63) is 28.1 Å². The molecule has 0 amide bonds. The molecule has 0 aliphatic heterocycles. The number of hydrogen-bond donors (Lipinski definition) is 2. The van der Waals surface area contributed by atoms with E-state index >= 15 is 0 Å². The fourth-order valence-electron chi connectivity index (χ4n) is 1.45. The van der Waals surface area contributed by atoms with Crippen LogP contribution in [0.3, 0.4) is 0 Å². The van der Waals surface area contributed by atoms with E-state index in [4.69, 9.17) is 15.0 Å². The summed E-state index contributed by atoms with van der Waals surface area (Å²) in [5.74, 6) is 0.367. The Balaban J connectivity index is 3.34. The highest BCUT2D eigenvalue weighted by Crippen LogP contribution is 2.42. The van der Waals surface area contributed by atoms with Gasteiger partial charge in [0.2, 0.25) is 0 Å². The van der Waals surface area contributed by atoms with Gasteiger partial charge >= 0.3 is 0 Å². The number of methoxy groups -OCH3 is 1. The lowest BCUT2D eigenvalue weighted by Crippen LogP contribution is -2.03. The van der Waals surface area contributed by atoms with E-state index < -0.39 is 6.29 Å². The highest BCUT2D eigenvalue weighted by Gasteiger charge is 2.18. The van der Waals surface area contributed by atoms with E-state index in [2.05, 4.69) is 10.0 Å². The molecule has 0 radical (unpaired) electrons. The third-order valence-corrected chi connectivity index (χ3v) is 2.21. The molecule has 1 aromatic rings. The molecule has 0 saturated heterocycles. The molecule has 0 aliphatic carbocycles. The van der Waals surface area contributed by atoms with Crippen LogP contribution in [0.25, 0.3) is 10.4 Å². The maximum atomic E-state index is 9.22. The van der Waals surface area contributed by atoms with Crippen molar-refractivity contribution in [3.63, 3.8) is 0 Å². The molecule has 0 saturated carbocycles. The number of azide groups is 1. The third kappa shape index (κ3) is 3.04. The summed E-state index contributed by atoms with van der Waals surface area (Å²) in [6.45, 7) is 2.32. The SMILES string of the molecule is CCCOc1c(N=[N+]=[N-])ccc(C(O)O)c1OC. The van der Waals surface area contributed by atoms with Crippen LogP contribution in [0.2, 0.25) is 0 Å². The Kier molecular flexibility index (Phi) is 5.26. The molecule has 98 valence electrons. The molecule has 0 bridgehead atoms. The van der Waals surface area contributed by atoms with Gasteiger partial charge in [-0.05, 0) is 24.1 Å². The molecule has 0 unspecified atom stereocenters. The number of aliphatic hydroxyl groups is 2. The number of benzene rings is 1. The second-order valence-corrected chi connectivity index (χ2v) is 3.45. The minimum atomic E-state index is -1.69. The predicted octanol–water partition coefficient (Wildman–Crippen LogP) is 2.41. The molecule has 0 spiro atoms. The fraction of sp³-hybridized carbons (Fsp3) is 0.455. The molecule has 0 atom stereocenters. The average molecular weight is 253 g/mol. The molecule has 7 heteroatoms. The van der Waals surface area contributed by atoms with Crippen molar-refractivity contribution in [2.24, 2.45) is 5.11 Å². The van der Waals surface area contributed by atoms with Crippen LogP contribution in [-0.4, -0.2) is 23.9 Å². The van der Waals surface area contributed by atoms with Crippen LogP contribution in [0, 0.1) is 0 Å². The van der Waals surface area contributed by atoms with Crippen molar-refractivity contribution in [2.75, 3.05) is 13.7 Å². The summed E-state index contributed by atoms with van der Waals surface area (Å²) in [5, 5.41) is 21.9. The first-order valence-corrected chi connectivity index (χ1v) is 5.40. The Morgan fingerprint density at radius 2 is 2.11 bits per heavy atom. The van der Waals surface area contributed by atoms with Gasteiger partial charge in [0.25, 0.3) is 0 Å². The number of aliphatic hydroxyl groups excluding tert-OH is 1. The van der Waals surface area contributed by atoms with Gasteiger partial charge in [-0.2, -0.15) is 0 Å². The normalized spacial score (nSPS) is 10.1. The summed E-state index contributed by atoms with van der Waals surface area (Å²) in [5.41, 5.74) is 8.87. The minimum Gasteiger partial charge on any atom is -0.492 e. The second kappa shape index (κ2) is 6.70. The molecule has 0 heterocycles. The number of nitrogens with zero attached hydrogens (tertiary/aromatic N) is 3. The van der Waals surface area contributed by atoms with Crippen molar-refractivity contribution >= 4 is 5.69 Å². The van der Waals surface area contributed by atoms with E-state index in [1.165, 1.54) is 19.2 Å². The highest BCUT2D eigenvalue weighted by atomic mass is 16.5. The lowest BCUT2D eigenvalue weighted by molar-refractivity contribution is -0.0441. The maximum absolute atomic E-state index is 9.22. The molecule has 0 aliphatic rings. The zero-order valence-corrected chi connectivity index (χ0v) is 10.2. The monoisotopic (exact) mass is 253 g/mol. The molecule has 18 heavy (non-hydrogen) atoms. The Morgan fingerprint density at radius 1 is 1.39 bits per heavy atom. The number of ether oxygens (including phenoxy) is 2. The maximum Gasteiger partial charge on any atom is 0.182 e. The summed E-state index contributed by atoms with van der Waals surface area (Å²) < 4.78 is 10.5. The largest absolute Gasteiger partial charge is 0.492 e. The van der Waals surface area contributed by atoms with Gasteiger partial charge in [0, 0.05) is 4.91 Å². The van der Waals surface area contributed by atoms with E-state index in [0.717, 1.165) is 6.42 Å². The van der Waals surface area contributed by atoms with Crippen molar-refractivity contribution < 1.29 is 19.7 Å². The van der Waals surface area contributed by atoms with Gasteiger partial charge in [-0.1, -0.05) is 12.0 Å². The topological polar surface area (TPSA) is 108 Å². The molecule has 7 nitrogen and oxygen atoms in total. The lowest BCUT2D eigenvalue weighted by Gasteiger charge is -2.16. The molecule has 1 aromatic carbocycles. The van der Waals surface area contributed by atoms with E-state index in [0.29, 0.717) is 6.61 Å². The van der Waals surface area contributed by atoms with Gasteiger partial charge in [0.05, 0.1) is 25.0 Å². The lowest BCUT2D eigenvalue weighted by atomic mass is 10.1. The zero-order valence-electron chi connectivity index (χ0n) is 10.2. The molecule has 2 N–H and O–H groups in total. The first-order chi connectivity index (χ1) is 8.65. The van der Waals surface area contributed by atoms with Gasteiger partial charge in [0.15, 0.2) is 17.8 Å². The van der Waals surface area contributed by atoms with Crippen molar-refractivity contribution in [1.82, 2.24) is 0 Å². The zero-order chi connectivity index (χ0) is 13.5.